The highest BCUT2D eigenvalue weighted by molar-refractivity contribution is 6.40. The SMILES string of the molecule is Cc1cc(NC(=O)C(=O)NCC(c2ccc3c(c2)CCCN3C)N2CCCC2)c2ccccc2n1. The summed E-state index contributed by atoms with van der Waals surface area (Å²) < 4.78 is 0. The number of amides is 2. The van der Waals surface area contributed by atoms with Crippen LogP contribution in [0, 0.1) is 6.92 Å². The van der Waals surface area contributed by atoms with E-state index in [9.17, 15) is 9.59 Å². The summed E-state index contributed by atoms with van der Waals surface area (Å²) in [5.41, 5.74) is 6.04. The molecule has 5 rings (SSSR count). The number of fused-ring (bicyclic) bond motifs is 2. The third-order valence-corrected chi connectivity index (χ3v) is 7.18. The number of para-hydroxylation sites is 1. The van der Waals surface area contributed by atoms with Crippen LogP contribution in [0.15, 0.2) is 48.5 Å². The Morgan fingerprint density at radius 3 is 2.63 bits per heavy atom. The molecule has 182 valence electrons. The smallest absolute Gasteiger partial charge is 0.313 e. The molecule has 3 aromatic rings. The van der Waals surface area contributed by atoms with E-state index in [0.29, 0.717) is 12.2 Å². The third-order valence-electron chi connectivity index (χ3n) is 7.18. The van der Waals surface area contributed by atoms with Crippen molar-refractivity contribution in [3.8, 4) is 0 Å². The van der Waals surface area contributed by atoms with Crippen LogP contribution in [-0.4, -0.2) is 54.9 Å². The van der Waals surface area contributed by atoms with Crippen LogP contribution in [0.3, 0.4) is 0 Å². The van der Waals surface area contributed by atoms with Crippen LogP contribution < -0.4 is 15.5 Å². The molecule has 2 aliphatic heterocycles. The Morgan fingerprint density at radius 1 is 1.00 bits per heavy atom. The number of likely N-dealkylation sites (tertiary alicyclic amines) is 1. The first-order chi connectivity index (χ1) is 17.0. The Morgan fingerprint density at radius 2 is 1.80 bits per heavy atom. The van der Waals surface area contributed by atoms with Gasteiger partial charge in [-0.05, 0) is 75.0 Å². The average Bonchev–Trinajstić information content (AvgIpc) is 3.38. The lowest BCUT2D eigenvalue weighted by atomic mass is 9.96. The number of carbonyl (C=O) groups is 2. The molecule has 7 nitrogen and oxygen atoms in total. The maximum absolute atomic E-state index is 12.8. The van der Waals surface area contributed by atoms with Gasteiger partial charge in [0.25, 0.3) is 0 Å². The maximum Gasteiger partial charge on any atom is 0.313 e. The van der Waals surface area contributed by atoms with Gasteiger partial charge in [0, 0.05) is 36.9 Å². The van der Waals surface area contributed by atoms with Gasteiger partial charge in [-0.2, -0.15) is 0 Å². The number of nitrogens with one attached hydrogen (secondary N) is 2. The van der Waals surface area contributed by atoms with Gasteiger partial charge < -0.3 is 15.5 Å². The van der Waals surface area contributed by atoms with Crippen LogP contribution in [0.25, 0.3) is 10.9 Å². The van der Waals surface area contributed by atoms with Crippen molar-refractivity contribution in [2.24, 2.45) is 0 Å². The summed E-state index contributed by atoms with van der Waals surface area (Å²) >= 11 is 0. The summed E-state index contributed by atoms with van der Waals surface area (Å²) in [7, 11) is 2.14. The molecule has 1 unspecified atom stereocenters. The predicted molar refractivity (Wildman–Crippen MR) is 140 cm³/mol. The van der Waals surface area contributed by atoms with E-state index in [1.165, 1.54) is 16.8 Å². The quantitative estimate of drug-likeness (QED) is 0.554. The van der Waals surface area contributed by atoms with Gasteiger partial charge in [-0.1, -0.05) is 30.3 Å². The number of nitrogens with zero attached hydrogens (tertiary/aromatic N) is 3. The normalized spacial score (nSPS) is 16.7. The maximum atomic E-state index is 12.8. The van der Waals surface area contributed by atoms with E-state index in [-0.39, 0.29) is 6.04 Å². The highest BCUT2D eigenvalue weighted by atomic mass is 16.2. The number of benzene rings is 2. The zero-order valence-electron chi connectivity index (χ0n) is 20.5. The zero-order chi connectivity index (χ0) is 24.4. The molecule has 0 radical (unpaired) electrons. The van der Waals surface area contributed by atoms with Crippen LogP contribution in [0.4, 0.5) is 11.4 Å². The molecule has 1 atom stereocenters. The van der Waals surface area contributed by atoms with Gasteiger partial charge in [-0.3, -0.25) is 19.5 Å². The van der Waals surface area contributed by atoms with Crippen LogP contribution >= 0.6 is 0 Å². The third kappa shape index (κ3) is 5.00. The van der Waals surface area contributed by atoms with E-state index in [1.54, 1.807) is 6.07 Å². The molecule has 7 heteroatoms. The number of aryl methyl sites for hydroxylation is 2. The second-order valence-electron chi connectivity index (χ2n) is 9.66. The Bertz CT molecular complexity index is 1250. The molecular formula is C28H33N5O2. The van der Waals surface area contributed by atoms with Gasteiger partial charge >= 0.3 is 11.8 Å². The molecule has 2 aromatic carbocycles. The Labute approximate surface area is 206 Å². The summed E-state index contributed by atoms with van der Waals surface area (Å²) in [5, 5.41) is 6.52. The van der Waals surface area contributed by atoms with Crippen molar-refractivity contribution < 1.29 is 9.59 Å². The van der Waals surface area contributed by atoms with E-state index in [1.807, 2.05) is 31.2 Å². The Balaban J connectivity index is 1.31. The van der Waals surface area contributed by atoms with Crippen molar-refractivity contribution >= 4 is 34.1 Å². The number of anilines is 2. The largest absolute Gasteiger partial charge is 0.374 e. The van der Waals surface area contributed by atoms with Crippen molar-refractivity contribution in [2.45, 2.75) is 38.6 Å². The standard InChI is InChI=1S/C28H33N5O2/c1-19-16-24(22-9-3-4-10-23(22)30-19)31-28(35)27(34)29-18-26(33-14-5-6-15-33)21-11-12-25-20(17-21)8-7-13-32(25)2/h3-4,9-12,16-17,26H,5-8,13-15,18H2,1-2H3,(H,29,34)(H,30,31,35). The number of rotatable bonds is 5. The van der Waals surface area contributed by atoms with Gasteiger partial charge in [0.15, 0.2) is 0 Å². The van der Waals surface area contributed by atoms with Crippen molar-refractivity contribution in [3.63, 3.8) is 0 Å². The molecule has 0 saturated carbocycles. The summed E-state index contributed by atoms with van der Waals surface area (Å²) in [6, 6.07) is 16.1. The number of pyridine rings is 1. The summed E-state index contributed by atoms with van der Waals surface area (Å²) in [4.78, 5) is 34.9. The minimum atomic E-state index is -0.659. The molecule has 35 heavy (non-hydrogen) atoms. The lowest BCUT2D eigenvalue weighted by Crippen LogP contribution is -2.41. The second-order valence-corrected chi connectivity index (χ2v) is 9.66. The summed E-state index contributed by atoms with van der Waals surface area (Å²) in [6.45, 7) is 5.37. The molecular weight excluding hydrogens is 438 g/mol. The van der Waals surface area contributed by atoms with Gasteiger partial charge in [0.05, 0.1) is 17.2 Å². The highest BCUT2D eigenvalue weighted by Crippen LogP contribution is 2.32. The van der Waals surface area contributed by atoms with Gasteiger partial charge in [-0.25, -0.2) is 0 Å². The predicted octanol–water partition coefficient (Wildman–Crippen LogP) is 3.82. The fourth-order valence-electron chi connectivity index (χ4n) is 5.38. The van der Waals surface area contributed by atoms with Crippen molar-refractivity contribution in [1.82, 2.24) is 15.2 Å². The number of hydrogen-bond acceptors (Lipinski definition) is 5. The number of aromatic nitrogens is 1. The van der Waals surface area contributed by atoms with E-state index in [4.69, 9.17) is 0 Å². The van der Waals surface area contributed by atoms with Gasteiger partial charge in [0.2, 0.25) is 0 Å². The molecule has 2 N–H and O–H groups in total. The van der Waals surface area contributed by atoms with Crippen molar-refractivity contribution in [3.05, 3.63) is 65.4 Å². The van der Waals surface area contributed by atoms with Gasteiger partial charge in [-0.15, -0.1) is 0 Å². The first-order valence-electron chi connectivity index (χ1n) is 12.5. The van der Waals surface area contributed by atoms with E-state index < -0.39 is 11.8 Å². The van der Waals surface area contributed by atoms with Crippen LogP contribution in [0.5, 0.6) is 0 Å². The van der Waals surface area contributed by atoms with E-state index >= 15 is 0 Å². The molecule has 1 aromatic heterocycles. The van der Waals surface area contributed by atoms with Crippen LogP contribution in [-0.2, 0) is 16.0 Å². The minimum Gasteiger partial charge on any atom is -0.374 e. The second kappa shape index (κ2) is 10.0. The summed E-state index contributed by atoms with van der Waals surface area (Å²) in [6.07, 6.45) is 4.55. The fraction of sp³-hybridized carbons (Fsp3) is 0.393. The summed E-state index contributed by atoms with van der Waals surface area (Å²) in [5.74, 6) is -1.28. The molecule has 3 heterocycles. The van der Waals surface area contributed by atoms with Gasteiger partial charge in [0.1, 0.15) is 0 Å². The highest BCUT2D eigenvalue weighted by Gasteiger charge is 2.26. The number of carbonyl (C=O) groups excluding carboxylic acids is 2. The van der Waals surface area contributed by atoms with Crippen LogP contribution in [0.2, 0.25) is 0 Å². The Kier molecular flexibility index (Phi) is 6.68. The van der Waals surface area contributed by atoms with Crippen molar-refractivity contribution in [1.29, 1.82) is 0 Å². The van der Waals surface area contributed by atoms with E-state index in [0.717, 1.165) is 61.9 Å². The lowest BCUT2D eigenvalue weighted by Gasteiger charge is -2.31. The Hall–Kier alpha value is -3.45. The van der Waals surface area contributed by atoms with E-state index in [2.05, 4.69) is 50.7 Å². The first-order valence-corrected chi connectivity index (χ1v) is 12.5. The molecule has 1 fully saturated rings. The molecule has 2 amide bonds. The fourth-order valence-corrected chi connectivity index (χ4v) is 5.38. The lowest BCUT2D eigenvalue weighted by molar-refractivity contribution is -0.136. The number of hydrogen-bond donors (Lipinski definition) is 2. The zero-order valence-corrected chi connectivity index (χ0v) is 20.5. The molecule has 0 bridgehead atoms. The molecule has 0 aliphatic carbocycles. The molecule has 1 saturated heterocycles. The van der Waals surface area contributed by atoms with Crippen LogP contribution in [0.1, 0.15) is 42.1 Å². The molecule has 0 spiro atoms. The molecule has 2 aliphatic rings. The topological polar surface area (TPSA) is 77.6 Å². The average molecular weight is 472 g/mol. The monoisotopic (exact) mass is 471 g/mol. The first kappa shape index (κ1) is 23.3. The van der Waals surface area contributed by atoms with Crippen molar-refractivity contribution in [2.75, 3.05) is 43.4 Å². The minimum absolute atomic E-state index is 0.0517.